The van der Waals surface area contributed by atoms with Crippen molar-refractivity contribution in [1.29, 1.82) is 0 Å². The molecule has 6 aromatic heterocycles. The second-order valence-corrected chi connectivity index (χ2v) is 24.6. The Balaban J connectivity index is 0.779. The third-order valence-electron chi connectivity index (χ3n) is 18.8. The molecule has 0 bridgehead atoms. The second-order valence-electron chi connectivity index (χ2n) is 23.6. The van der Waals surface area contributed by atoms with E-state index >= 15 is 0 Å². The standard InChI is InChI=1S/C82H47N7S/c1-3-21-48(22-4-1)75-58-27-9-15-33-65(58)84-82(85-75)89-69-37-19-13-31-62(69)73-64-47-52(43-44-57(64)74-63-32-14-20-38-70(63)90-80(74)79(73)89)50-39-40-51-46-53(42-41-49(51)45-50)76-59-28-10-16-34-66(59)83-81(86-76)88-68-36-18-12-30-61(68)72-56-26-8-7-25-55(56)71-60-29-11-17-35-67(60)87(77(71)78(72)88)54-23-5-2-6-24-54/h1-47H. The first-order valence-electron chi connectivity index (χ1n) is 30.5. The smallest absolute Gasteiger partial charge is 0.235 e. The summed E-state index contributed by atoms with van der Waals surface area (Å²) in [6.07, 6.45) is 0. The average molecular weight is 1160 g/mol. The molecule has 20 rings (SSSR count). The van der Waals surface area contributed by atoms with Crippen LogP contribution in [0.15, 0.2) is 285 Å². The van der Waals surface area contributed by atoms with E-state index in [0.29, 0.717) is 11.9 Å². The highest BCUT2D eigenvalue weighted by Crippen LogP contribution is 2.50. The van der Waals surface area contributed by atoms with Gasteiger partial charge in [-0.1, -0.05) is 218 Å². The number of nitrogens with zero attached hydrogens (tertiary/aromatic N) is 7. The normalized spacial score (nSPS) is 12.2. The lowest BCUT2D eigenvalue weighted by Gasteiger charge is -2.15. The molecule has 8 heteroatoms. The number of thiophene rings is 1. The van der Waals surface area contributed by atoms with Gasteiger partial charge in [0.1, 0.15) is 0 Å². The molecule has 0 radical (unpaired) electrons. The third kappa shape index (κ3) is 6.99. The maximum Gasteiger partial charge on any atom is 0.235 e. The molecule has 416 valence electrons. The lowest BCUT2D eigenvalue weighted by molar-refractivity contribution is 1.01. The van der Waals surface area contributed by atoms with Crippen LogP contribution in [-0.4, -0.2) is 33.6 Å². The Bertz CT molecular complexity index is 6470. The molecule has 6 heterocycles. The highest BCUT2D eigenvalue weighted by Gasteiger charge is 2.28. The van der Waals surface area contributed by atoms with Crippen molar-refractivity contribution in [3.8, 4) is 51.2 Å². The number of aromatic nitrogens is 7. The van der Waals surface area contributed by atoms with Crippen LogP contribution in [0.4, 0.5) is 0 Å². The van der Waals surface area contributed by atoms with E-state index in [0.717, 1.165) is 116 Å². The molecule has 0 unspecified atom stereocenters. The minimum Gasteiger partial charge on any atom is -0.307 e. The van der Waals surface area contributed by atoms with Crippen LogP contribution in [-0.2, 0) is 0 Å². The first-order valence-corrected chi connectivity index (χ1v) is 31.4. The summed E-state index contributed by atoms with van der Waals surface area (Å²) in [5.74, 6) is 1.27. The number of hydrogen-bond acceptors (Lipinski definition) is 5. The fourth-order valence-corrected chi connectivity index (χ4v) is 16.2. The van der Waals surface area contributed by atoms with Crippen LogP contribution < -0.4 is 0 Å². The van der Waals surface area contributed by atoms with Gasteiger partial charge in [0.05, 0.1) is 60.2 Å². The summed E-state index contributed by atoms with van der Waals surface area (Å²) in [6.45, 7) is 0. The maximum absolute atomic E-state index is 5.73. The first-order chi connectivity index (χ1) is 44.7. The fourth-order valence-electron chi connectivity index (χ4n) is 14.9. The van der Waals surface area contributed by atoms with Gasteiger partial charge >= 0.3 is 0 Å². The molecular formula is C82H47N7S. The Labute approximate surface area is 517 Å². The minimum atomic E-state index is 0.620. The number of hydrogen-bond donors (Lipinski definition) is 0. The highest BCUT2D eigenvalue weighted by molar-refractivity contribution is 7.27. The van der Waals surface area contributed by atoms with Crippen molar-refractivity contribution in [3.05, 3.63) is 285 Å². The molecule has 7 nitrogen and oxygen atoms in total. The summed E-state index contributed by atoms with van der Waals surface area (Å²) in [6, 6.07) is 103. The van der Waals surface area contributed by atoms with Crippen LogP contribution in [0.2, 0.25) is 0 Å². The lowest BCUT2D eigenvalue weighted by atomic mass is 9.94. The van der Waals surface area contributed by atoms with Crippen molar-refractivity contribution in [2.75, 3.05) is 0 Å². The van der Waals surface area contributed by atoms with E-state index < -0.39 is 0 Å². The van der Waals surface area contributed by atoms with Gasteiger partial charge in [-0.05, 0) is 110 Å². The molecule has 0 aliphatic rings. The van der Waals surface area contributed by atoms with Crippen LogP contribution >= 0.6 is 11.3 Å². The second kappa shape index (κ2) is 18.8. The molecule has 0 fully saturated rings. The lowest BCUT2D eigenvalue weighted by Crippen LogP contribution is -2.05. The van der Waals surface area contributed by atoms with E-state index in [2.05, 4.69) is 299 Å². The molecule has 0 N–H and O–H groups in total. The van der Waals surface area contributed by atoms with Crippen LogP contribution in [0.25, 0.3) is 191 Å². The summed E-state index contributed by atoms with van der Waals surface area (Å²) in [5, 5.41) is 18.7. The van der Waals surface area contributed by atoms with E-state index in [1.807, 2.05) is 11.3 Å². The van der Waals surface area contributed by atoms with Gasteiger partial charge < -0.3 is 4.57 Å². The van der Waals surface area contributed by atoms with Gasteiger partial charge in [0.25, 0.3) is 0 Å². The van der Waals surface area contributed by atoms with E-state index in [1.165, 1.54) is 63.3 Å². The Kier molecular flexibility index (Phi) is 10.3. The summed E-state index contributed by atoms with van der Waals surface area (Å²) in [4.78, 5) is 22.2. The molecular weight excluding hydrogens is 1120 g/mol. The van der Waals surface area contributed by atoms with Crippen LogP contribution in [0.3, 0.4) is 0 Å². The van der Waals surface area contributed by atoms with Crippen molar-refractivity contribution >= 4 is 151 Å². The van der Waals surface area contributed by atoms with E-state index in [1.54, 1.807) is 0 Å². The molecule has 0 amide bonds. The molecule has 0 aliphatic heterocycles. The van der Waals surface area contributed by atoms with Gasteiger partial charge in [0.2, 0.25) is 11.9 Å². The first kappa shape index (κ1) is 49.3. The summed E-state index contributed by atoms with van der Waals surface area (Å²) < 4.78 is 9.58. The average Bonchev–Trinajstić information content (AvgIpc) is 1.57. The third-order valence-corrected chi connectivity index (χ3v) is 20.0. The quantitative estimate of drug-likeness (QED) is 0.166. The predicted molar refractivity (Wildman–Crippen MR) is 377 cm³/mol. The molecule has 14 aromatic carbocycles. The number of para-hydroxylation sites is 6. The minimum absolute atomic E-state index is 0.620. The maximum atomic E-state index is 5.73. The molecule has 0 atom stereocenters. The molecule has 0 saturated heterocycles. The number of fused-ring (bicyclic) bond motifs is 23. The van der Waals surface area contributed by atoms with Crippen LogP contribution in [0.1, 0.15) is 0 Å². The van der Waals surface area contributed by atoms with E-state index in [-0.39, 0.29) is 0 Å². The Morgan fingerprint density at radius 3 is 1.30 bits per heavy atom. The summed E-state index contributed by atoms with van der Waals surface area (Å²) in [5.41, 5.74) is 15.6. The SMILES string of the molecule is c1ccc(-c2nc(-n3c4ccccc4c4c5cc(-c6ccc7cc(-c8nc(-n9c%10ccccc%10c%10c%11ccccc%11c%11c%12ccccc%12n(-c%12ccccc%12)c%11c%109)nc9ccccc89)ccc7c6)ccc5c5c6ccccc6sc5c43)nc3ccccc23)cc1. The zero-order valence-corrected chi connectivity index (χ0v) is 49.0. The molecule has 20 aromatic rings. The highest BCUT2D eigenvalue weighted by atomic mass is 32.1. The fraction of sp³-hybridized carbons (Fsp3) is 0. The number of rotatable bonds is 6. The van der Waals surface area contributed by atoms with Crippen LogP contribution in [0.5, 0.6) is 0 Å². The topological polar surface area (TPSA) is 66.3 Å². The van der Waals surface area contributed by atoms with Gasteiger partial charge in [-0.15, -0.1) is 11.3 Å². The van der Waals surface area contributed by atoms with Crippen molar-refractivity contribution in [2.45, 2.75) is 0 Å². The Morgan fingerprint density at radius 1 is 0.256 bits per heavy atom. The van der Waals surface area contributed by atoms with Crippen molar-refractivity contribution in [3.63, 3.8) is 0 Å². The monoisotopic (exact) mass is 1160 g/mol. The molecule has 90 heavy (non-hydrogen) atoms. The van der Waals surface area contributed by atoms with Crippen molar-refractivity contribution in [2.24, 2.45) is 0 Å². The van der Waals surface area contributed by atoms with Crippen LogP contribution in [0, 0.1) is 0 Å². The zero-order valence-electron chi connectivity index (χ0n) is 48.2. The van der Waals surface area contributed by atoms with E-state index in [4.69, 9.17) is 19.9 Å². The molecule has 0 saturated carbocycles. The molecule has 0 aliphatic carbocycles. The number of benzene rings is 14. The summed E-state index contributed by atoms with van der Waals surface area (Å²) in [7, 11) is 0. The van der Waals surface area contributed by atoms with Crippen molar-refractivity contribution in [1.82, 2.24) is 33.6 Å². The zero-order chi connectivity index (χ0) is 58.7. The van der Waals surface area contributed by atoms with Gasteiger partial charge in [-0.2, -0.15) is 0 Å². The van der Waals surface area contributed by atoms with Crippen molar-refractivity contribution < 1.29 is 0 Å². The van der Waals surface area contributed by atoms with Gasteiger partial charge in [-0.25, -0.2) is 19.9 Å². The predicted octanol–water partition coefficient (Wildman–Crippen LogP) is 21.7. The largest absolute Gasteiger partial charge is 0.307 e. The van der Waals surface area contributed by atoms with Gasteiger partial charge in [0.15, 0.2) is 0 Å². The molecule has 0 spiro atoms. The summed E-state index contributed by atoms with van der Waals surface area (Å²) >= 11 is 1.85. The van der Waals surface area contributed by atoms with Gasteiger partial charge in [-0.3, -0.25) is 9.13 Å². The Morgan fingerprint density at radius 2 is 0.678 bits per heavy atom. The van der Waals surface area contributed by atoms with E-state index in [9.17, 15) is 0 Å². The Hall–Kier alpha value is -11.8. The van der Waals surface area contributed by atoms with Gasteiger partial charge in [0, 0.05) is 75.4 Å².